The highest BCUT2D eigenvalue weighted by Gasteiger charge is 2.41. The number of carbonyl (C=O) groups is 1. The average Bonchev–Trinajstić information content (AvgIpc) is 3.09. The van der Waals surface area contributed by atoms with Crippen molar-refractivity contribution in [2.24, 2.45) is 11.8 Å². The molecule has 2 aliphatic heterocycles. The Bertz CT molecular complexity index is 582. The van der Waals surface area contributed by atoms with Crippen molar-refractivity contribution in [2.75, 3.05) is 19.6 Å². The van der Waals surface area contributed by atoms with Crippen molar-refractivity contribution in [3.63, 3.8) is 0 Å². The van der Waals surface area contributed by atoms with E-state index < -0.39 is 0 Å². The molecule has 3 fully saturated rings. The number of benzene rings is 1. The fourth-order valence-electron chi connectivity index (χ4n) is 4.80. The number of nitrogens with zero attached hydrogens (tertiary/aromatic N) is 2. The molecule has 1 aliphatic carbocycles. The third kappa shape index (κ3) is 3.34. The Balaban J connectivity index is 1.44. The Morgan fingerprint density at radius 2 is 1.83 bits per heavy atom. The molecule has 2 heterocycles. The van der Waals surface area contributed by atoms with Crippen molar-refractivity contribution in [3.8, 4) is 0 Å². The predicted octanol–water partition coefficient (Wildman–Crippen LogP) is 3.44. The minimum atomic E-state index is -0.200. The Kier molecular flexibility index (Phi) is 4.57. The summed E-state index contributed by atoms with van der Waals surface area (Å²) < 4.78 is 13.1. The first-order chi connectivity index (χ1) is 11.7. The Morgan fingerprint density at radius 1 is 1.08 bits per heavy atom. The van der Waals surface area contributed by atoms with Crippen LogP contribution in [-0.4, -0.2) is 41.4 Å². The number of rotatable bonds is 4. The van der Waals surface area contributed by atoms with Gasteiger partial charge in [0.15, 0.2) is 0 Å². The molecule has 2 atom stereocenters. The molecule has 2 bridgehead atoms. The lowest BCUT2D eigenvalue weighted by atomic mass is 9.85. The number of hydrogen-bond acceptors (Lipinski definition) is 2. The molecule has 3 nitrogen and oxygen atoms in total. The maximum atomic E-state index is 13.1. The molecule has 0 radical (unpaired) electrons. The maximum absolute atomic E-state index is 13.1. The molecular formula is C20H27FN2O. The lowest BCUT2D eigenvalue weighted by Gasteiger charge is -2.47. The van der Waals surface area contributed by atoms with Crippen LogP contribution in [0.2, 0.25) is 0 Å². The van der Waals surface area contributed by atoms with Gasteiger partial charge in [-0.25, -0.2) is 4.39 Å². The molecular weight excluding hydrogens is 303 g/mol. The summed E-state index contributed by atoms with van der Waals surface area (Å²) in [7, 11) is 0. The number of carbonyl (C=O) groups excluding carboxylic acids is 1. The van der Waals surface area contributed by atoms with E-state index in [-0.39, 0.29) is 11.9 Å². The van der Waals surface area contributed by atoms with Crippen LogP contribution in [0.5, 0.6) is 0 Å². The highest BCUT2D eigenvalue weighted by atomic mass is 19.1. The first kappa shape index (κ1) is 16.1. The highest BCUT2D eigenvalue weighted by molar-refractivity contribution is 5.83. The van der Waals surface area contributed by atoms with Gasteiger partial charge in [0.2, 0.25) is 5.91 Å². The van der Waals surface area contributed by atoms with E-state index in [1.165, 1.54) is 44.2 Å². The smallest absolute Gasteiger partial charge is 0.239 e. The van der Waals surface area contributed by atoms with Crippen molar-refractivity contribution in [3.05, 3.63) is 35.6 Å². The summed E-state index contributed by atoms with van der Waals surface area (Å²) in [6.07, 6.45) is 7.41. The first-order valence-corrected chi connectivity index (χ1v) is 9.46. The van der Waals surface area contributed by atoms with Gasteiger partial charge in [-0.3, -0.25) is 9.69 Å². The number of likely N-dealkylation sites (tertiary alicyclic amines) is 2. The van der Waals surface area contributed by atoms with Crippen molar-refractivity contribution < 1.29 is 9.18 Å². The topological polar surface area (TPSA) is 23.6 Å². The molecule has 130 valence electrons. The van der Waals surface area contributed by atoms with Gasteiger partial charge in [-0.05, 0) is 61.8 Å². The molecule has 0 spiro atoms. The molecule has 1 aromatic rings. The van der Waals surface area contributed by atoms with E-state index in [9.17, 15) is 9.18 Å². The number of halogens is 1. The van der Waals surface area contributed by atoms with Crippen LogP contribution in [0.25, 0.3) is 0 Å². The zero-order valence-corrected chi connectivity index (χ0v) is 14.3. The molecule has 0 unspecified atom stereocenters. The van der Waals surface area contributed by atoms with E-state index in [0.29, 0.717) is 11.8 Å². The van der Waals surface area contributed by atoms with E-state index in [1.807, 2.05) is 12.1 Å². The Labute approximate surface area is 143 Å². The zero-order valence-electron chi connectivity index (χ0n) is 14.3. The second-order valence-electron chi connectivity index (χ2n) is 7.90. The molecule has 2 saturated heterocycles. The van der Waals surface area contributed by atoms with Gasteiger partial charge in [0.25, 0.3) is 0 Å². The summed E-state index contributed by atoms with van der Waals surface area (Å²) in [4.78, 5) is 17.5. The second kappa shape index (κ2) is 6.83. The van der Waals surface area contributed by atoms with Gasteiger partial charge < -0.3 is 4.90 Å². The highest BCUT2D eigenvalue weighted by Crippen LogP contribution is 2.33. The average molecular weight is 330 g/mol. The van der Waals surface area contributed by atoms with Crippen molar-refractivity contribution in [1.82, 2.24) is 9.80 Å². The van der Waals surface area contributed by atoms with Crippen LogP contribution in [0.15, 0.2) is 24.3 Å². The van der Waals surface area contributed by atoms with Gasteiger partial charge in [0, 0.05) is 19.6 Å². The van der Waals surface area contributed by atoms with Gasteiger partial charge in [0.1, 0.15) is 5.82 Å². The molecule has 1 saturated carbocycles. The number of piperidine rings is 2. The van der Waals surface area contributed by atoms with Crippen LogP contribution in [-0.2, 0) is 11.3 Å². The second-order valence-corrected chi connectivity index (χ2v) is 7.90. The molecule has 0 aromatic heterocycles. The SMILES string of the molecule is O=C1[C@H]2C[C@H](CCN2Cc2ccc(F)cc2)CN1CC1CCCC1. The van der Waals surface area contributed by atoms with Gasteiger partial charge in [-0.15, -0.1) is 0 Å². The van der Waals surface area contributed by atoms with Gasteiger partial charge >= 0.3 is 0 Å². The summed E-state index contributed by atoms with van der Waals surface area (Å²) in [5.41, 5.74) is 1.09. The van der Waals surface area contributed by atoms with E-state index in [2.05, 4.69) is 9.80 Å². The van der Waals surface area contributed by atoms with Crippen LogP contribution >= 0.6 is 0 Å². The van der Waals surface area contributed by atoms with Crippen LogP contribution < -0.4 is 0 Å². The largest absolute Gasteiger partial charge is 0.341 e. The third-order valence-corrected chi connectivity index (χ3v) is 6.15. The van der Waals surface area contributed by atoms with Gasteiger partial charge in [-0.2, -0.15) is 0 Å². The quantitative estimate of drug-likeness (QED) is 0.844. The first-order valence-electron chi connectivity index (χ1n) is 9.46. The fourth-order valence-corrected chi connectivity index (χ4v) is 4.80. The summed E-state index contributed by atoms with van der Waals surface area (Å²) in [6, 6.07) is 6.73. The lowest BCUT2D eigenvalue weighted by Crippen LogP contribution is -2.59. The minimum absolute atomic E-state index is 0.0314. The summed E-state index contributed by atoms with van der Waals surface area (Å²) in [5, 5.41) is 0. The van der Waals surface area contributed by atoms with Crippen molar-refractivity contribution in [1.29, 1.82) is 0 Å². The zero-order chi connectivity index (χ0) is 16.5. The van der Waals surface area contributed by atoms with E-state index >= 15 is 0 Å². The van der Waals surface area contributed by atoms with Crippen molar-refractivity contribution in [2.45, 2.75) is 51.1 Å². The number of hydrogen-bond donors (Lipinski definition) is 0. The van der Waals surface area contributed by atoms with E-state index in [4.69, 9.17) is 0 Å². The Morgan fingerprint density at radius 3 is 2.58 bits per heavy atom. The summed E-state index contributed by atoms with van der Waals surface area (Å²) in [5.74, 6) is 1.52. The van der Waals surface area contributed by atoms with Gasteiger partial charge in [0.05, 0.1) is 6.04 Å². The normalized spacial score (nSPS) is 28.5. The standard InChI is InChI=1S/C20H27FN2O/c21-18-7-5-16(6-8-18)12-22-10-9-17-11-19(22)20(24)23(14-17)13-15-3-1-2-4-15/h5-8,15,17,19H,1-4,9-14H2/t17-,19+/m0/s1. The fraction of sp³-hybridized carbons (Fsp3) is 0.650. The van der Waals surface area contributed by atoms with E-state index in [0.717, 1.165) is 44.1 Å². The molecule has 1 amide bonds. The molecule has 24 heavy (non-hydrogen) atoms. The van der Waals surface area contributed by atoms with Crippen LogP contribution in [0.1, 0.15) is 44.1 Å². The Hall–Kier alpha value is -1.42. The molecule has 3 aliphatic rings. The molecule has 0 N–H and O–H groups in total. The summed E-state index contributed by atoms with van der Waals surface area (Å²) in [6.45, 7) is 3.67. The molecule has 4 heteroatoms. The lowest BCUT2D eigenvalue weighted by molar-refractivity contribution is -0.146. The monoisotopic (exact) mass is 330 g/mol. The number of fused-ring (bicyclic) bond motifs is 2. The maximum Gasteiger partial charge on any atom is 0.239 e. The molecule has 1 aromatic carbocycles. The summed E-state index contributed by atoms with van der Waals surface area (Å²) >= 11 is 0. The van der Waals surface area contributed by atoms with E-state index in [1.54, 1.807) is 0 Å². The van der Waals surface area contributed by atoms with Crippen LogP contribution in [0.4, 0.5) is 4.39 Å². The minimum Gasteiger partial charge on any atom is -0.341 e. The van der Waals surface area contributed by atoms with Crippen LogP contribution in [0, 0.1) is 17.7 Å². The number of amides is 1. The molecule has 4 rings (SSSR count). The predicted molar refractivity (Wildman–Crippen MR) is 91.9 cm³/mol. The van der Waals surface area contributed by atoms with Crippen molar-refractivity contribution >= 4 is 5.91 Å². The van der Waals surface area contributed by atoms with Gasteiger partial charge in [-0.1, -0.05) is 25.0 Å². The third-order valence-electron chi connectivity index (χ3n) is 6.15. The van der Waals surface area contributed by atoms with Crippen LogP contribution in [0.3, 0.4) is 0 Å².